The van der Waals surface area contributed by atoms with Crippen LogP contribution in [0.3, 0.4) is 0 Å². The molecule has 2 aliphatic carbocycles. The van der Waals surface area contributed by atoms with Gasteiger partial charge in [-0.05, 0) is 36.8 Å². The standard InChI is InChI=1S/C18H18Br2N2O3/c1-8-4-2-3-5-11(8)21-12(23)7-22-17(24)13-9-6-10(14(13)18(22)25)16(20)15(9)19/h2-5,9-10,13-16H,6-7H2,1H3,(H,21,23)/t9-,10-,13-,14-,15+,16+/m1/s1. The lowest BCUT2D eigenvalue weighted by Gasteiger charge is -2.28. The van der Waals surface area contributed by atoms with Crippen molar-refractivity contribution in [2.75, 3.05) is 11.9 Å². The summed E-state index contributed by atoms with van der Waals surface area (Å²) in [6, 6.07) is 7.43. The Kier molecular flexibility index (Phi) is 4.27. The van der Waals surface area contributed by atoms with Crippen molar-refractivity contribution in [3.63, 3.8) is 0 Å². The predicted octanol–water partition coefficient (Wildman–Crippen LogP) is 2.71. The van der Waals surface area contributed by atoms with Crippen LogP contribution in [-0.2, 0) is 14.4 Å². The smallest absolute Gasteiger partial charge is 0.244 e. The highest BCUT2D eigenvalue weighted by molar-refractivity contribution is 9.12. The molecule has 25 heavy (non-hydrogen) atoms. The number of nitrogens with one attached hydrogen (secondary N) is 1. The SMILES string of the molecule is Cc1ccccc1NC(=O)CN1C(=O)[C@@H]2[C@H]3C[C@@H]([C@H](Br)[C@H]3Br)[C@H]2C1=O. The normalized spacial score (nSPS) is 36.0. The Morgan fingerprint density at radius 3 is 2.24 bits per heavy atom. The lowest BCUT2D eigenvalue weighted by Crippen LogP contribution is -2.39. The minimum atomic E-state index is -0.339. The van der Waals surface area contributed by atoms with Gasteiger partial charge in [0.1, 0.15) is 6.54 Å². The largest absolute Gasteiger partial charge is 0.324 e. The van der Waals surface area contributed by atoms with Crippen LogP contribution in [-0.4, -0.2) is 38.8 Å². The average Bonchev–Trinajstić information content (AvgIpc) is 3.17. The summed E-state index contributed by atoms with van der Waals surface area (Å²) in [6.07, 6.45) is 0.891. The summed E-state index contributed by atoms with van der Waals surface area (Å²) in [5.74, 6) is -0.934. The molecule has 0 aromatic heterocycles. The maximum absolute atomic E-state index is 12.8. The highest BCUT2D eigenvalue weighted by Crippen LogP contribution is 2.60. The van der Waals surface area contributed by atoms with Gasteiger partial charge in [0, 0.05) is 15.3 Å². The van der Waals surface area contributed by atoms with Crippen LogP contribution in [0, 0.1) is 30.6 Å². The van der Waals surface area contributed by atoms with Gasteiger partial charge in [0.05, 0.1) is 11.8 Å². The zero-order chi connectivity index (χ0) is 17.9. The molecular formula is C18H18Br2N2O3. The topological polar surface area (TPSA) is 66.5 Å². The number of alkyl halides is 2. The third kappa shape index (κ3) is 2.58. The number of amides is 3. The Hall–Kier alpha value is -1.21. The van der Waals surface area contributed by atoms with Crippen molar-refractivity contribution in [1.82, 2.24) is 4.90 Å². The maximum Gasteiger partial charge on any atom is 0.244 e. The first kappa shape index (κ1) is 17.2. The molecule has 3 amide bonds. The van der Waals surface area contributed by atoms with Crippen molar-refractivity contribution in [3.8, 4) is 0 Å². The third-order valence-corrected chi connectivity index (χ3v) is 9.01. The number of aryl methyl sites for hydroxylation is 1. The monoisotopic (exact) mass is 468 g/mol. The Labute approximate surface area is 162 Å². The molecule has 1 aromatic carbocycles. The molecule has 3 aliphatic rings. The van der Waals surface area contributed by atoms with E-state index in [1.54, 1.807) is 6.07 Å². The fourth-order valence-corrected chi connectivity index (χ4v) is 6.49. The Balaban J connectivity index is 1.49. The molecular weight excluding hydrogens is 452 g/mol. The first-order valence-electron chi connectivity index (χ1n) is 8.39. The zero-order valence-electron chi connectivity index (χ0n) is 13.6. The van der Waals surface area contributed by atoms with Crippen LogP contribution < -0.4 is 5.32 Å². The molecule has 132 valence electrons. The molecule has 0 radical (unpaired) electrons. The number of benzene rings is 1. The third-order valence-electron chi connectivity index (χ3n) is 5.80. The lowest BCUT2D eigenvalue weighted by atomic mass is 9.81. The molecule has 1 aromatic rings. The van der Waals surface area contributed by atoms with Gasteiger partial charge in [0.2, 0.25) is 17.7 Å². The number of nitrogens with zero attached hydrogens (tertiary/aromatic N) is 1. The molecule has 6 atom stereocenters. The van der Waals surface area contributed by atoms with Crippen molar-refractivity contribution in [2.24, 2.45) is 23.7 Å². The summed E-state index contributed by atoms with van der Waals surface area (Å²) in [7, 11) is 0. The average molecular weight is 470 g/mol. The zero-order valence-corrected chi connectivity index (χ0v) is 16.8. The first-order chi connectivity index (χ1) is 11.9. The molecule has 2 saturated carbocycles. The second-order valence-corrected chi connectivity index (χ2v) is 9.24. The van der Waals surface area contributed by atoms with E-state index in [-0.39, 0.29) is 57.6 Å². The maximum atomic E-state index is 12.8. The van der Waals surface area contributed by atoms with Crippen molar-refractivity contribution in [1.29, 1.82) is 0 Å². The van der Waals surface area contributed by atoms with E-state index in [1.165, 1.54) is 0 Å². The second kappa shape index (κ2) is 6.20. The molecule has 2 bridgehead atoms. The number of carbonyl (C=O) groups excluding carboxylic acids is 3. The Bertz CT molecular complexity index is 736. The second-order valence-electron chi connectivity index (χ2n) is 7.13. The molecule has 0 unspecified atom stereocenters. The Morgan fingerprint density at radius 1 is 1.12 bits per heavy atom. The quantitative estimate of drug-likeness (QED) is 0.546. The summed E-state index contributed by atoms with van der Waals surface area (Å²) < 4.78 is 0. The van der Waals surface area contributed by atoms with E-state index < -0.39 is 0 Å². The fraction of sp³-hybridized carbons (Fsp3) is 0.500. The lowest BCUT2D eigenvalue weighted by molar-refractivity contribution is -0.143. The van der Waals surface area contributed by atoms with Crippen LogP contribution in [0.5, 0.6) is 0 Å². The number of hydrogen-bond acceptors (Lipinski definition) is 3. The summed E-state index contributed by atoms with van der Waals surface area (Å²) in [5, 5.41) is 2.80. The molecule has 3 fully saturated rings. The summed E-state index contributed by atoms with van der Waals surface area (Å²) >= 11 is 7.32. The number of fused-ring (bicyclic) bond motifs is 5. The van der Waals surface area contributed by atoms with E-state index in [2.05, 4.69) is 37.2 Å². The van der Waals surface area contributed by atoms with Crippen LogP contribution in [0.1, 0.15) is 12.0 Å². The number of para-hydroxylation sites is 1. The van der Waals surface area contributed by atoms with E-state index >= 15 is 0 Å². The van der Waals surface area contributed by atoms with E-state index in [0.29, 0.717) is 5.69 Å². The highest BCUT2D eigenvalue weighted by atomic mass is 79.9. The van der Waals surface area contributed by atoms with Gasteiger partial charge in [0.25, 0.3) is 0 Å². The highest BCUT2D eigenvalue weighted by Gasteiger charge is 2.66. The number of imide groups is 1. The minimum absolute atomic E-state index is 0.167. The van der Waals surface area contributed by atoms with Crippen molar-refractivity contribution < 1.29 is 14.4 Å². The van der Waals surface area contributed by atoms with Crippen LogP contribution in [0.4, 0.5) is 5.69 Å². The van der Waals surface area contributed by atoms with Gasteiger partial charge in [0.15, 0.2) is 0 Å². The number of likely N-dealkylation sites (tertiary alicyclic amines) is 1. The van der Waals surface area contributed by atoms with Gasteiger partial charge in [-0.2, -0.15) is 0 Å². The molecule has 4 rings (SSSR count). The summed E-state index contributed by atoms with van der Waals surface area (Å²) in [6.45, 7) is 1.69. The minimum Gasteiger partial charge on any atom is -0.324 e. The summed E-state index contributed by atoms with van der Waals surface area (Å²) in [4.78, 5) is 39.5. The van der Waals surface area contributed by atoms with Crippen LogP contribution in [0.2, 0.25) is 0 Å². The van der Waals surface area contributed by atoms with Crippen molar-refractivity contribution >= 4 is 55.3 Å². The fourth-order valence-electron chi connectivity index (χ4n) is 4.61. The molecule has 5 nitrogen and oxygen atoms in total. The number of anilines is 1. The van der Waals surface area contributed by atoms with Crippen LogP contribution in [0.25, 0.3) is 0 Å². The van der Waals surface area contributed by atoms with Gasteiger partial charge in [-0.3, -0.25) is 19.3 Å². The van der Waals surface area contributed by atoms with Crippen LogP contribution in [0.15, 0.2) is 24.3 Å². The molecule has 7 heteroatoms. The van der Waals surface area contributed by atoms with E-state index in [9.17, 15) is 14.4 Å². The summed E-state index contributed by atoms with van der Waals surface area (Å²) in [5.41, 5.74) is 1.64. The van der Waals surface area contributed by atoms with Gasteiger partial charge < -0.3 is 5.32 Å². The number of carbonyl (C=O) groups is 3. The van der Waals surface area contributed by atoms with Gasteiger partial charge in [-0.1, -0.05) is 50.1 Å². The Morgan fingerprint density at radius 2 is 1.68 bits per heavy atom. The number of rotatable bonds is 3. The van der Waals surface area contributed by atoms with Gasteiger partial charge >= 0.3 is 0 Å². The van der Waals surface area contributed by atoms with Gasteiger partial charge in [-0.25, -0.2) is 0 Å². The number of halogens is 2. The van der Waals surface area contributed by atoms with E-state index in [1.807, 2.05) is 25.1 Å². The van der Waals surface area contributed by atoms with Gasteiger partial charge in [-0.15, -0.1) is 0 Å². The predicted molar refractivity (Wildman–Crippen MR) is 101 cm³/mol. The molecule has 1 aliphatic heterocycles. The first-order valence-corrected chi connectivity index (χ1v) is 10.2. The van der Waals surface area contributed by atoms with E-state index in [0.717, 1.165) is 16.9 Å². The number of hydrogen-bond donors (Lipinski definition) is 1. The molecule has 0 spiro atoms. The molecule has 1 N–H and O–H groups in total. The van der Waals surface area contributed by atoms with Crippen LogP contribution >= 0.6 is 31.9 Å². The molecule has 1 saturated heterocycles. The van der Waals surface area contributed by atoms with Crippen molar-refractivity contribution in [3.05, 3.63) is 29.8 Å². The van der Waals surface area contributed by atoms with Crippen molar-refractivity contribution in [2.45, 2.75) is 23.0 Å². The van der Waals surface area contributed by atoms with E-state index in [4.69, 9.17) is 0 Å². The molecule has 1 heterocycles.